The lowest BCUT2D eigenvalue weighted by Gasteiger charge is -1.91. The van der Waals surface area contributed by atoms with E-state index in [1.54, 1.807) is 12.3 Å². The van der Waals surface area contributed by atoms with Crippen LogP contribution in [0.2, 0.25) is 0 Å². The number of anilines is 1. The van der Waals surface area contributed by atoms with Crippen LogP contribution in [-0.2, 0) is 0 Å². The summed E-state index contributed by atoms with van der Waals surface area (Å²) in [6, 6.07) is 5.39. The molecule has 0 fully saturated rings. The second-order valence-corrected chi connectivity index (χ2v) is 1.66. The first-order valence-corrected chi connectivity index (χ1v) is 2.61. The molecule has 1 rings (SSSR count). The van der Waals surface area contributed by atoms with E-state index in [1.807, 2.05) is 12.1 Å². The summed E-state index contributed by atoms with van der Waals surface area (Å²) in [4.78, 5) is 0. The standard InChI is InChI=1S/C6H7N3/c7-5-9-4-2-1-3-6(9)8/h1-5,7-8H/p+1. The van der Waals surface area contributed by atoms with Gasteiger partial charge >= 0.3 is 0 Å². The maximum atomic E-state index is 6.84. The van der Waals surface area contributed by atoms with Crippen molar-refractivity contribution in [3.63, 3.8) is 0 Å². The Bertz CT molecular complexity index is 219. The van der Waals surface area contributed by atoms with Crippen LogP contribution in [0.3, 0.4) is 0 Å². The van der Waals surface area contributed by atoms with E-state index in [2.05, 4.69) is 0 Å². The van der Waals surface area contributed by atoms with Crippen molar-refractivity contribution < 1.29 is 4.57 Å². The van der Waals surface area contributed by atoms with Crippen LogP contribution < -0.4 is 10.3 Å². The number of nitrogens with two attached hydrogens (primary N) is 1. The van der Waals surface area contributed by atoms with Crippen LogP contribution in [0.5, 0.6) is 0 Å². The number of pyridine rings is 1. The first kappa shape index (κ1) is 5.75. The van der Waals surface area contributed by atoms with Crippen molar-refractivity contribution in [2.24, 2.45) is 0 Å². The lowest BCUT2D eigenvalue weighted by Crippen LogP contribution is -2.35. The minimum Gasteiger partial charge on any atom is -0.318 e. The quantitative estimate of drug-likeness (QED) is 0.308. The van der Waals surface area contributed by atoms with Crippen LogP contribution in [0, 0.1) is 5.41 Å². The summed E-state index contributed by atoms with van der Waals surface area (Å²) in [5.74, 6) is 0.576. The van der Waals surface area contributed by atoms with Crippen molar-refractivity contribution in [3.05, 3.63) is 24.4 Å². The monoisotopic (exact) mass is 122 g/mol. The third-order valence-corrected chi connectivity index (χ3v) is 1.06. The first-order chi connectivity index (χ1) is 4.34. The summed E-state index contributed by atoms with van der Waals surface area (Å²) in [7, 11) is 0. The smallest absolute Gasteiger partial charge is 0.223 e. The molecule has 0 atom stereocenters. The molecule has 0 radical (unpaired) electrons. The van der Waals surface area contributed by atoms with Gasteiger partial charge in [-0.3, -0.25) is 0 Å². The van der Waals surface area contributed by atoms with Crippen LogP contribution in [0.1, 0.15) is 0 Å². The van der Waals surface area contributed by atoms with Gasteiger partial charge in [-0.15, -0.1) is 0 Å². The summed E-state index contributed by atoms with van der Waals surface area (Å²) >= 11 is 0. The molecule has 1 aromatic heterocycles. The number of nitrogens with zero attached hydrogens (tertiary/aromatic N) is 1. The Morgan fingerprint density at radius 1 is 1.56 bits per heavy atom. The Balaban J connectivity index is 3.15. The molecule has 0 aromatic carbocycles. The highest BCUT2D eigenvalue weighted by Gasteiger charge is 1.92. The second kappa shape index (κ2) is 2.26. The van der Waals surface area contributed by atoms with Crippen molar-refractivity contribution in [1.29, 1.82) is 5.41 Å². The maximum Gasteiger partial charge on any atom is 0.223 e. The van der Waals surface area contributed by atoms with Gasteiger partial charge in [0.1, 0.15) is 0 Å². The topological polar surface area (TPSA) is 53.8 Å². The number of aromatic nitrogens is 1. The van der Waals surface area contributed by atoms with Crippen molar-refractivity contribution in [2.75, 3.05) is 5.73 Å². The lowest BCUT2D eigenvalue weighted by atomic mass is 10.4. The summed E-state index contributed by atoms with van der Waals surface area (Å²) in [6.45, 7) is 0. The van der Waals surface area contributed by atoms with Crippen molar-refractivity contribution in [1.82, 2.24) is 0 Å². The zero-order valence-electron chi connectivity index (χ0n) is 4.91. The van der Waals surface area contributed by atoms with Crippen LogP contribution in [0.4, 0.5) is 5.82 Å². The largest absolute Gasteiger partial charge is 0.318 e. The SMILES string of the molecule is N=C[n+]1ccccc1N. The normalized spacial score (nSPS) is 8.89. The molecule has 9 heavy (non-hydrogen) atoms. The Morgan fingerprint density at radius 3 is 2.78 bits per heavy atom. The van der Waals surface area contributed by atoms with Gasteiger partial charge < -0.3 is 5.73 Å². The summed E-state index contributed by atoms with van der Waals surface area (Å²) in [5, 5.41) is 6.84. The molecule has 1 aromatic rings. The minimum atomic E-state index is 0.576. The zero-order valence-corrected chi connectivity index (χ0v) is 4.91. The van der Waals surface area contributed by atoms with E-state index in [1.165, 1.54) is 4.57 Å². The number of nitrogen functional groups attached to an aromatic ring is 1. The number of rotatable bonds is 1. The van der Waals surface area contributed by atoms with E-state index in [4.69, 9.17) is 11.1 Å². The molecule has 3 nitrogen and oxygen atoms in total. The van der Waals surface area contributed by atoms with E-state index in [9.17, 15) is 0 Å². The van der Waals surface area contributed by atoms with Crippen LogP contribution >= 0.6 is 0 Å². The molecule has 0 unspecified atom stereocenters. The molecule has 0 aliphatic rings. The second-order valence-electron chi connectivity index (χ2n) is 1.66. The number of hydrogen-bond donors (Lipinski definition) is 2. The fourth-order valence-electron chi connectivity index (χ4n) is 0.586. The molecule has 3 N–H and O–H groups in total. The maximum absolute atomic E-state index is 6.84. The summed E-state index contributed by atoms with van der Waals surface area (Å²) in [5.41, 5.74) is 5.44. The van der Waals surface area contributed by atoms with Gasteiger partial charge in [-0.05, 0) is 6.07 Å². The molecule has 0 spiro atoms. The van der Waals surface area contributed by atoms with Gasteiger partial charge in [0.2, 0.25) is 12.2 Å². The fourth-order valence-corrected chi connectivity index (χ4v) is 0.586. The van der Waals surface area contributed by atoms with Crippen LogP contribution in [-0.4, -0.2) is 6.34 Å². The third kappa shape index (κ3) is 1.05. The molecular formula is C6H8N3+. The Labute approximate surface area is 53.3 Å². The summed E-state index contributed by atoms with van der Waals surface area (Å²) < 4.78 is 1.53. The molecular weight excluding hydrogens is 114 g/mol. The van der Waals surface area contributed by atoms with E-state index >= 15 is 0 Å². The molecule has 0 amide bonds. The molecule has 0 aliphatic heterocycles. The van der Waals surface area contributed by atoms with E-state index in [-0.39, 0.29) is 0 Å². The molecule has 0 bridgehead atoms. The highest BCUT2D eigenvalue weighted by Crippen LogP contribution is 1.87. The van der Waals surface area contributed by atoms with Crippen molar-refractivity contribution in [2.45, 2.75) is 0 Å². The fraction of sp³-hybridized carbons (Fsp3) is 0. The molecule has 3 heteroatoms. The Morgan fingerprint density at radius 2 is 2.33 bits per heavy atom. The highest BCUT2D eigenvalue weighted by atomic mass is 15.0. The molecule has 0 aliphatic carbocycles. The van der Waals surface area contributed by atoms with E-state index < -0.39 is 0 Å². The van der Waals surface area contributed by atoms with Gasteiger partial charge in [-0.1, -0.05) is 6.07 Å². The van der Waals surface area contributed by atoms with Gasteiger partial charge in [0.25, 0.3) is 0 Å². The van der Waals surface area contributed by atoms with Gasteiger partial charge in [-0.25, -0.2) is 4.57 Å². The molecule has 0 saturated heterocycles. The van der Waals surface area contributed by atoms with E-state index in [0.29, 0.717) is 5.82 Å². The van der Waals surface area contributed by atoms with Gasteiger partial charge in [0.15, 0.2) is 0 Å². The molecule has 1 heterocycles. The minimum absolute atomic E-state index is 0.576. The average molecular weight is 122 g/mol. The van der Waals surface area contributed by atoms with Crippen LogP contribution in [0.25, 0.3) is 0 Å². The number of hydrogen-bond acceptors (Lipinski definition) is 2. The van der Waals surface area contributed by atoms with Gasteiger partial charge in [-0.2, -0.15) is 5.41 Å². The first-order valence-electron chi connectivity index (χ1n) is 2.61. The predicted octanol–water partition coefficient (Wildman–Crippen LogP) is 0.0115. The van der Waals surface area contributed by atoms with E-state index in [0.717, 1.165) is 6.34 Å². The van der Waals surface area contributed by atoms with Crippen LogP contribution in [0.15, 0.2) is 24.4 Å². The Kier molecular flexibility index (Phi) is 1.44. The summed E-state index contributed by atoms with van der Waals surface area (Å²) in [6.07, 6.45) is 2.89. The predicted molar refractivity (Wildman–Crippen MR) is 35.2 cm³/mol. The van der Waals surface area contributed by atoms with Gasteiger partial charge in [0.05, 0.1) is 6.20 Å². The zero-order chi connectivity index (χ0) is 6.69. The molecule has 46 valence electrons. The Hall–Kier alpha value is -1.38. The third-order valence-electron chi connectivity index (χ3n) is 1.06. The molecule has 0 saturated carbocycles. The number of nitrogens with one attached hydrogen (secondary N) is 1. The van der Waals surface area contributed by atoms with Crippen molar-refractivity contribution in [3.8, 4) is 0 Å². The van der Waals surface area contributed by atoms with Crippen molar-refractivity contribution >= 4 is 12.2 Å². The average Bonchev–Trinajstić information content (AvgIpc) is 1.89. The lowest BCUT2D eigenvalue weighted by molar-refractivity contribution is -0.530. The highest BCUT2D eigenvalue weighted by molar-refractivity contribution is 5.42. The van der Waals surface area contributed by atoms with Gasteiger partial charge in [0, 0.05) is 6.07 Å².